The lowest BCUT2D eigenvalue weighted by molar-refractivity contribution is 0.853. The van der Waals surface area contributed by atoms with E-state index in [1.54, 1.807) is 12.1 Å². The molecule has 0 aliphatic rings. The van der Waals surface area contributed by atoms with Crippen LogP contribution in [0.4, 0.5) is 11.4 Å². The maximum atomic E-state index is 5.85. The van der Waals surface area contributed by atoms with Crippen molar-refractivity contribution < 1.29 is 0 Å². The molecule has 0 radical (unpaired) electrons. The van der Waals surface area contributed by atoms with Gasteiger partial charge in [-0.05, 0) is 43.3 Å². The molecule has 110 valence electrons. The van der Waals surface area contributed by atoms with Crippen LogP contribution in [0.15, 0.2) is 64.8 Å². The molecule has 22 heavy (non-hydrogen) atoms. The van der Waals surface area contributed by atoms with Crippen LogP contribution in [-0.2, 0) is 0 Å². The zero-order chi connectivity index (χ0) is 15.5. The van der Waals surface area contributed by atoms with Gasteiger partial charge in [0, 0.05) is 5.02 Å². The summed E-state index contributed by atoms with van der Waals surface area (Å²) < 4.78 is 2.42. The van der Waals surface area contributed by atoms with Crippen molar-refractivity contribution in [2.24, 2.45) is 10.2 Å². The Morgan fingerprint density at radius 2 is 1.68 bits per heavy atom. The molecule has 0 bridgehead atoms. The van der Waals surface area contributed by atoms with Crippen molar-refractivity contribution >= 4 is 35.2 Å². The average Bonchev–Trinajstić information content (AvgIpc) is 2.82. The van der Waals surface area contributed by atoms with Gasteiger partial charge >= 0.3 is 0 Å². The van der Waals surface area contributed by atoms with Crippen LogP contribution in [-0.4, -0.2) is 9.78 Å². The predicted octanol–water partition coefficient (Wildman–Crippen LogP) is 5.91. The average molecular weight is 329 g/mol. The van der Waals surface area contributed by atoms with E-state index >= 15 is 0 Å². The Bertz CT molecular complexity index is 863. The van der Waals surface area contributed by atoms with E-state index < -0.39 is 0 Å². The fourth-order valence-corrected chi connectivity index (χ4v) is 2.50. The normalized spacial score (nSPS) is 11.2. The van der Waals surface area contributed by atoms with Gasteiger partial charge in [0.05, 0.1) is 17.1 Å². The summed E-state index contributed by atoms with van der Waals surface area (Å²) in [5.41, 5.74) is 3.22. The fourth-order valence-electron chi connectivity index (χ4n) is 2.03. The highest BCUT2D eigenvalue weighted by Gasteiger charge is 2.08. The Morgan fingerprint density at radius 1 is 1.00 bits per heavy atom. The van der Waals surface area contributed by atoms with Crippen molar-refractivity contribution in [2.75, 3.05) is 0 Å². The van der Waals surface area contributed by atoms with Crippen LogP contribution in [0, 0.1) is 11.6 Å². The number of aryl methyl sites for hydroxylation is 1. The largest absolute Gasteiger partial charge is 0.295 e. The van der Waals surface area contributed by atoms with Gasteiger partial charge in [-0.1, -0.05) is 42.0 Å². The smallest absolute Gasteiger partial charge is 0.155 e. The summed E-state index contributed by atoms with van der Waals surface area (Å²) in [7, 11) is 0. The highest BCUT2D eigenvalue weighted by Crippen LogP contribution is 2.25. The lowest BCUT2D eigenvalue weighted by Crippen LogP contribution is -1.95. The first-order valence-corrected chi connectivity index (χ1v) is 7.48. The molecule has 1 N–H and O–H groups in total. The van der Waals surface area contributed by atoms with E-state index in [1.807, 2.05) is 54.1 Å². The summed E-state index contributed by atoms with van der Waals surface area (Å²) in [4.78, 5) is 0. The Labute approximate surface area is 138 Å². The van der Waals surface area contributed by atoms with Crippen molar-refractivity contribution in [1.29, 1.82) is 0 Å². The van der Waals surface area contributed by atoms with Crippen LogP contribution < -0.4 is 0 Å². The van der Waals surface area contributed by atoms with Gasteiger partial charge in [-0.2, -0.15) is 5.11 Å². The summed E-state index contributed by atoms with van der Waals surface area (Å²) in [6.07, 6.45) is 0. The molecule has 0 saturated carbocycles. The minimum atomic E-state index is 0.599. The molecule has 0 saturated heterocycles. The van der Waals surface area contributed by atoms with Gasteiger partial charge in [-0.3, -0.25) is 5.10 Å². The molecule has 3 rings (SSSR count). The topological polar surface area (TPSA) is 45.4 Å². The third-order valence-electron chi connectivity index (χ3n) is 3.15. The Morgan fingerprint density at radius 3 is 2.36 bits per heavy atom. The minimum Gasteiger partial charge on any atom is -0.295 e. The number of hydrogen-bond donors (Lipinski definition) is 1. The van der Waals surface area contributed by atoms with Crippen molar-refractivity contribution in [3.05, 3.63) is 70.0 Å². The Hall–Kier alpha value is -2.24. The molecule has 0 aliphatic heterocycles. The molecule has 1 aromatic heterocycles. The van der Waals surface area contributed by atoms with Crippen molar-refractivity contribution in [3.8, 4) is 5.69 Å². The summed E-state index contributed by atoms with van der Waals surface area (Å²) in [6, 6.07) is 17.0. The molecule has 0 fully saturated rings. The summed E-state index contributed by atoms with van der Waals surface area (Å²) in [5.74, 6) is 0. The van der Waals surface area contributed by atoms with Crippen molar-refractivity contribution in [1.82, 2.24) is 9.78 Å². The molecule has 0 spiro atoms. The van der Waals surface area contributed by atoms with Crippen LogP contribution in [0.3, 0.4) is 0 Å². The van der Waals surface area contributed by atoms with Gasteiger partial charge in [-0.15, -0.1) is 5.11 Å². The molecule has 0 unspecified atom stereocenters. The second-order valence-electron chi connectivity index (χ2n) is 4.74. The number of rotatable bonds is 3. The maximum Gasteiger partial charge on any atom is 0.155 e. The zero-order valence-corrected chi connectivity index (χ0v) is 13.4. The molecule has 2 aromatic carbocycles. The van der Waals surface area contributed by atoms with Crippen LogP contribution in [0.1, 0.15) is 5.69 Å². The predicted molar refractivity (Wildman–Crippen MR) is 91.3 cm³/mol. The van der Waals surface area contributed by atoms with Crippen LogP contribution in [0.5, 0.6) is 0 Å². The van der Waals surface area contributed by atoms with E-state index in [-0.39, 0.29) is 0 Å². The van der Waals surface area contributed by atoms with Gasteiger partial charge in [0.1, 0.15) is 5.69 Å². The van der Waals surface area contributed by atoms with E-state index in [4.69, 9.17) is 23.8 Å². The van der Waals surface area contributed by atoms with Crippen LogP contribution >= 0.6 is 23.8 Å². The van der Waals surface area contributed by atoms with Gasteiger partial charge in [0.2, 0.25) is 0 Å². The third kappa shape index (κ3) is 3.00. The lowest BCUT2D eigenvalue weighted by atomic mass is 10.3. The Kier molecular flexibility index (Phi) is 4.18. The van der Waals surface area contributed by atoms with Gasteiger partial charge < -0.3 is 0 Å². The molecular formula is C16H13ClN4S. The number of nitrogens with zero attached hydrogens (tertiary/aromatic N) is 3. The summed E-state index contributed by atoms with van der Waals surface area (Å²) in [6.45, 7) is 1.92. The monoisotopic (exact) mass is 328 g/mol. The first-order chi connectivity index (χ1) is 10.6. The van der Waals surface area contributed by atoms with E-state index in [0.29, 0.717) is 15.4 Å². The standard InChI is InChI=1S/C16H13ClN4S/c1-11-15(19-18-13-9-7-12(17)8-10-13)16(22)21(20-11)14-5-3-2-4-6-14/h2-10,20H,1H3. The van der Waals surface area contributed by atoms with Crippen LogP contribution in [0.25, 0.3) is 5.69 Å². The SMILES string of the molecule is Cc1[nH]n(-c2ccccc2)c(=S)c1N=Nc1ccc(Cl)cc1. The molecule has 4 nitrogen and oxygen atoms in total. The fraction of sp³-hybridized carbons (Fsp3) is 0.0625. The number of aromatic nitrogens is 2. The molecule has 0 atom stereocenters. The first-order valence-electron chi connectivity index (χ1n) is 6.69. The first kappa shape index (κ1) is 14.7. The highest BCUT2D eigenvalue weighted by molar-refractivity contribution is 7.71. The number of nitrogens with one attached hydrogen (secondary N) is 1. The molecule has 0 aliphatic carbocycles. The molecule has 6 heteroatoms. The second-order valence-corrected chi connectivity index (χ2v) is 5.56. The van der Waals surface area contributed by atoms with Crippen molar-refractivity contribution in [2.45, 2.75) is 6.92 Å². The third-order valence-corrected chi connectivity index (χ3v) is 3.77. The zero-order valence-electron chi connectivity index (χ0n) is 11.8. The van der Waals surface area contributed by atoms with Gasteiger partial charge in [0.15, 0.2) is 4.64 Å². The van der Waals surface area contributed by atoms with Gasteiger partial charge in [0.25, 0.3) is 0 Å². The minimum absolute atomic E-state index is 0.599. The number of para-hydroxylation sites is 1. The number of halogens is 1. The molecule has 0 amide bonds. The van der Waals surface area contributed by atoms with E-state index in [1.165, 1.54) is 0 Å². The van der Waals surface area contributed by atoms with E-state index in [0.717, 1.165) is 17.1 Å². The molecule has 1 heterocycles. The maximum absolute atomic E-state index is 5.85. The number of aromatic amines is 1. The number of H-pyrrole nitrogens is 1. The molecule has 3 aromatic rings. The van der Waals surface area contributed by atoms with E-state index in [2.05, 4.69) is 15.3 Å². The number of benzene rings is 2. The van der Waals surface area contributed by atoms with E-state index in [9.17, 15) is 0 Å². The second kappa shape index (κ2) is 6.25. The highest BCUT2D eigenvalue weighted by atomic mass is 35.5. The summed E-state index contributed by atoms with van der Waals surface area (Å²) >= 11 is 11.3. The van der Waals surface area contributed by atoms with Crippen molar-refractivity contribution in [3.63, 3.8) is 0 Å². The summed E-state index contributed by atoms with van der Waals surface area (Å²) in [5, 5.41) is 12.4. The quantitative estimate of drug-likeness (QED) is 0.471. The number of hydrogen-bond acceptors (Lipinski definition) is 3. The number of azo groups is 1. The lowest BCUT2D eigenvalue weighted by Gasteiger charge is -2.00. The molecular weight excluding hydrogens is 316 g/mol. The Balaban J connectivity index is 1.97. The van der Waals surface area contributed by atoms with Crippen LogP contribution in [0.2, 0.25) is 5.02 Å². The van der Waals surface area contributed by atoms with Gasteiger partial charge in [-0.25, -0.2) is 4.68 Å².